The van der Waals surface area contributed by atoms with Crippen LogP contribution in [0.5, 0.6) is 0 Å². The number of unbranched alkanes of at least 4 members (excludes halogenated alkanes) is 2. The summed E-state index contributed by atoms with van der Waals surface area (Å²) < 4.78 is 25.1. The number of likely N-dealkylation sites (N-methyl/N-ethyl adjacent to an activating group) is 1. The van der Waals surface area contributed by atoms with Gasteiger partial charge in [0.25, 0.3) is 0 Å². The number of carbonyl (C=O) groups excluding carboxylic acids is 3. The molecular formula is C43H73N3O11. The highest BCUT2D eigenvalue weighted by Gasteiger charge is 2.51. The smallest absolute Gasteiger partial charge is 0.316 e. The van der Waals surface area contributed by atoms with E-state index in [2.05, 4.69) is 22.8 Å². The molecule has 326 valence electrons. The monoisotopic (exact) mass is 808 g/mol. The lowest BCUT2D eigenvalue weighted by atomic mass is 9.79. The van der Waals surface area contributed by atoms with Crippen LogP contribution in [0.2, 0.25) is 0 Å². The fourth-order valence-electron chi connectivity index (χ4n) is 8.25. The molecule has 1 aromatic rings. The van der Waals surface area contributed by atoms with Gasteiger partial charge in [0.15, 0.2) is 12.1 Å². The van der Waals surface area contributed by atoms with Crippen molar-refractivity contribution in [3.8, 4) is 0 Å². The molecule has 1 amide bonds. The Kier molecular flexibility index (Phi) is 19.0. The predicted molar refractivity (Wildman–Crippen MR) is 216 cm³/mol. The summed E-state index contributed by atoms with van der Waals surface area (Å²) in [6.07, 6.45) is -2.88. The van der Waals surface area contributed by atoms with Crippen molar-refractivity contribution < 1.29 is 53.8 Å². The first-order chi connectivity index (χ1) is 26.7. The Labute approximate surface area is 340 Å². The molecule has 1 aromatic carbocycles. The first-order valence-electron chi connectivity index (χ1n) is 20.9. The van der Waals surface area contributed by atoms with Gasteiger partial charge in [-0.05, 0) is 99.3 Å². The van der Waals surface area contributed by atoms with E-state index in [0.29, 0.717) is 13.0 Å². The Morgan fingerprint density at radius 2 is 1.67 bits per heavy atom. The van der Waals surface area contributed by atoms with Crippen molar-refractivity contribution in [1.29, 1.82) is 0 Å². The number of aliphatic hydroxyl groups is 4. The number of aryl methyl sites for hydroxylation is 1. The number of amides is 1. The Hall–Kier alpha value is -2.53. The maximum Gasteiger partial charge on any atom is 0.316 e. The average molecular weight is 808 g/mol. The molecule has 3 rings (SSSR count). The molecule has 2 fully saturated rings. The summed E-state index contributed by atoms with van der Waals surface area (Å²) in [4.78, 5) is 43.4. The molecule has 0 spiro atoms. The predicted octanol–water partition coefficient (Wildman–Crippen LogP) is 2.76. The van der Waals surface area contributed by atoms with Crippen LogP contribution < -0.4 is 10.6 Å². The van der Waals surface area contributed by atoms with E-state index in [-0.39, 0.29) is 38.1 Å². The van der Waals surface area contributed by atoms with Crippen molar-refractivity contribution in [3.05, 3.63) is 35.9 Å². The van der Waals surface area contributed by atoms with E-state index in [4.69, 9.17) is 18.9 Å². The molecule has 2 aliphatic heterocycles. The van der Waals surface area contributed by atoms with Crippen LogP contribution in [0.3, 0.4) is 0 Å². The van der Waals surface area contributed by atoms with Crippen LogP contribution in [0, 0.1) is 17.8 Å². The van der Waals surface area contributed by atoms with Crippen LogP contribution in [-0.4, -0.2) is 143 Å². The second-order valence-corrected chi connectivity index (χ2v) is 17.2. The zero-order chi connectivity index (χ0) is 42.7. The number of ether oxygens (including phenoxy) is 4. The molecule has 2 saturated heterocycles. The van der Waals surface area contributed by atoms with Crippen molar-refractivity contribution in [2.24, 2.45) is 17.8 Å². The van der Waals surface area contributed by atoms with Gasteiger partial charge in [0, 0.05) is 24.5 Å². The zero-order valence-electron chi connectivity index (χ0n) is 36.0. The van der Waals surface area contributed by atoms with Crippen molar-refractivity contribution in [2.75, 3.05) is 33.8 Å². The number of Topliss-reactive ketones (excluding diaryl/α,β-unsaturated/α-hetero) is 1. The van der Waals surface area contributed by atoms with Gasteiger partial charge < -0.3 is 54.9 Å². The fourth-order valence-corrected chi connectivity index (χ4v) is 8.25. The third-order valence-corrected chi connectivity index (χ3v) is 11.9. The first kappa shape index (κ1) is 48.8. The highest BCUT2D eigenvalue weighted by atomic mass is 16.7. The quantitative estimate of drug-likeness (QED) is 0.0861. The summed E-state index contributed by atoms with van der Waals surface area (Å²) in [5.74, 6) is -5.54. The number of cyclic esters (lactones) is 1. The Bertz CT molecular complexity index is 1400. The molecule has 2 aliphatic rings. The van der Waals surface area contributed by atoms with E-state index in [1.807, 2.05) is 44.1 Å². The molecule has 1 unspecified atom stereocenters. The fraction of sp³-hybridized carbons (Fsp3) is 0.791. The number of benzene rings is 1. The summed E-state index contributed by atoms with van der Waals surface area (Å²) >= 11 is 0. The van der Waals surface area contributed by atoms with Crippen LogP contribution in [0.4, 0.5) is 0 Å². The Balaban J connectivity index is 1.92. The third-order valence-electron chi connectivity index (χ3n) is 11.9. The summed E-state index contributed by atoms with van der Waals surface area (Å²) in [6, 6.07) is 9.37. The van der Waals surface area contributed by atoms with E-state index in [0.717, 1.165) is 25.7 Å². The largest absolute Gasteiger partial charge is 0.459 e. The summed E-state index contributed by atoms with van der Waals surface area (Å²) in [5.41, 5.74) is -2.15. The van der Waals surface area contributed by atoms with Crippen LogP contribution >= 0.6 is 0 Å². The lowest BCUT2D eigenvalue weighted by Gasteiger charge is -2.47. The zero-order valence-corrected chi connectivity index (χ0v) is 36.0. The number of nitrogens with zero attached hydrogens (tertiary/aromatic N) is 1. The molecule has 0 aliphatic carbocycles. The Morgan fingerprint density at radius 1 is 1.00 bits per heavy atom. The summed E-state index contributed by atoms with van der Waals surface area (Å²) in [7, 11) is 3.70. The maximum absolute atomic E-state index is 14.3. The van der Waals surface area contributed by atoms with E-state index in [1.165, 1.54) is 26.3 Å². The van der Waals surface area contributed by atoms with Gasteiger partial charge in [0.05, 0.1) is 42.5 Å². The third kappa shape index (κ3) is 13.5. The standard InChI is InChI=1S/C43H73N3O11/c1-11-34-43(8,53)37(50)30(6)39(51)45-26(2)23-42(7,54-25-32(47)24-44-21-17-13-16-20-31-18-14-12-15-19-31)38(28(4)35(48)29(5)40(52)56-34)57-41-36(49)33(46(9)10)22-27(3)55-41/h12,14-15,18-19,26-30,32-34,36-38,41,44,47,49-50,53H,11,13,16-17,20-25H2,1-10H3,(H,45,51)/t26-,27-,28+,29-,30-,32?,33+,34-,36-,37-,38-,41+,42-,43-/m1/s1. The van der Waals surface area contributed by atoms with Gasteiger partial charge in [-0.3, -0.25) is 14.4 Å². The van der Waals surface area contributed by atoms with Crippen molar-refractivity contribution in [1.82, 2.24) is 15.5 Å². The molecule has 0 bridgehead atoms. The van der Waals surface area contributed by atoms with Gasteiger partial charge in [0.2, 0.25) is 5.91 Å². The minimum absolute atomic E-state index is 0.0493. The SMILES string of the molecule is CC[C@H]1OC(=O)[C@H](C)C(=O)[C@H](C)[C@@H](O[C@@H]2O[C@H](C)C[C@H](N(C)C)[C@H]2O)[C@](C)(OCC(O)CNCCCCCc2ccccc2)C[C@@H](C)NC(=O)[C@H](C)[C@@H](O)[C@]1(C)O. The lowest BCUT2D eigenvalue weighted by molar-refractivity contribution is -0.298. The molecule has 57 heavy (non-hydrogen) atoms. The maximum atomic E-state index is 14.3. The Morgan fingerprint density at radius 3 is 2.30 bits per heavy atom. The molecule has 0 radical (unpaired) electrons. The number of carbonyl (C=O) groups is 3. The van der Waals surface area contributed by atoms with Gasteiger partial charge >= 0.3 is 5.97 Å². The minimum Gasteiger partial charge on any atom is -0.459 e. The minimum atomic E-state index is -2.03. The van der Waals surface area contributed by atoms with Crippen molar-refractivity contribution >= 4 is 17.7 Å². The number of ketones is 1. The highest BCUT2D eigenvalue weighted by Crippen LogP contribution is 2.36. The van der Waals surface area contributed by atoms with E-state index in [9.17, 15) is 34.8 Å². The molecule has 14 heteroatoms. The van der Waals surface area contributed by atoms with Gasteiger partial charge in [-0.1, -0.05) is 57.5 Å². The number of esters is 1. The first-order valence-corrected chi connectivity index (χ1v) is 20.9. The number of nitrogens with one attached hydrogen (secondary N) is 2. The molecule has 6 N–H and O–H groups in total. The number of rotatable bonds is 15. The number of aliphatic hydroxyl groups excluding tert-OH is 3. The van der Waals surface area contributed by atoms with Crippen molar-refractivity contribution in [2.45, 2.75) is 167 Å². The highest BCUT2D eigenvalue weighted by molar-refractivity contribution is 6.00. The average Bonchev–Trinajstić information content (AvgIpc) is 3.16. The molecule has 0 saturated carbocycles. The molecule has 14 atom stereocenters. The lowest BCUT2D eigenvalue weighted by Crippen LogP contribution is -2.60. The molecule has 2 heterocycles. The second kappa shape index (κ2) is 22.2. The number of hydrogen-bond acceptors (Lipinski definition) is 13. The molecular weight excluding hydrogens is 734 g/mol. The van der Waals surface area contributed by atoms with E-state index >= 15 is 0 Å². The normalized spacial score (nSPS) is 36.9. The van der Waals surface area contributed by atoms with Crippen LogP contribution in [0.25, 0.3) is 0 Å². The van der Waals surface area contributed by atoms with Crippen molar-refractivity contribution in [3.63, 3.8) is 0 Å². The van der Waals surface area contributed by atoms with Gasteiger partial charge in [-0.25, -0.2) is 0 Å². The van der Waals surface area contributed by atoms with E-state index in [1.54, 1.807) is 27.7 Å². The molecule has 0 aromatic heterocycles. The van der Waals surface area contributed by atoms with Crippen LogP contribution in [0.15, 0.2) is 30.3 Å². The second-order valence-electron chi connectivity index (χ2n) is 17.2. The summed E-state index contributed by atoms with van der Waals surface area (Å²) in [6.45, 7) is 13.6. The van der Waals surface area contributed by atoms with E-state index < -0.39 is 89.5 Å². The van der Waals surface area contributed by atoms with Crippen LogP contribution in [-0.2, 0) is 39.8 Å². The van der Waals surface area contributed by atoms with Gasteiger partial charge in [-0.2, -0.15) is 0 Å². The van der Waals surface area contributed by atoms with Gasteiger partial charge in [-0.15, -0.1) is 0 Å². The number of hydrogen-bond donors (Lipinski definition) is 6. The summed E-state index contributed by atoms with van der Waals surface area (Å²) in [5, 5.41) is 51.6. The molecule has 14 nitrogen and oxygen atoms in total. The topological polar surface area (TPSA) is 196 Å². The van der Waals surface area contributed by atoms with Gasteiger partial charge in [0.1, 0.15) is 23.7 Å². The van der Waals surface area contributed by atoms with Crippen LogP contribution in [0.1, 0.15) is 99.5 Å².